The van der Waals surface area contributed by atoms with Gasteiger partial charge in [-0.25, -0.2) is 0 Å². The van der Waals surface area contributed by atoms with Crippen LogP contribution in [0.2, 0.25) is 0 Å². The maximum Gasteiger partial charge on any atom is 0.0378 e. The van der Waals surface area contributed by atoms with Gasteiger partial charge in [0, 0.05) is 30.3 Å². The van der Waals surface area contributed by atoms with E-state index >= 15 is 0 Å². The van der Waals surface area contributed by atoms with Gasteiger partial charge in [-0.1, -0.05) is 36.2 Å². The fourth-order valence-corrected chi connectivity index (χ4v) is 2.20. The average molecular weight is 285 g/mol. The van der Waals surface area contributed by atoms with Gasteiger partial charge in [-0.3, -0.25) is 0 Å². The highest BCUT2D eigenvalue weighted by Crippen LogP contribution is 2.23. The summed E-state index contributed by atoms with van der Waals surface area (Å²) >= 11 is 3.52. The summed E-state index contributed by atoms with van der Waals surface area (Å²) in [6, 6.07) is 6.37. The number of nitrogens with two attached hydrogens (primary N) is 1. The third-order valence-electron chi connectivity index (χ3n) is 2.90. The Balaban J connectivity index is 2.82. The van der Waals surface area contributed by atoms with Gasteiger partial charge in [0.2, 0.25) is 0 Å². The van der Waals surface area contributed by atoms with Crippen LogP contribution in [0.1, 0.15) is 25.8 Å². The predicted octanol–water partition coefficient (Wildman–Crippen LogP) is 3.39. The zero-order chi connectivity index (χ0) is 12.1. The summed E-state index contributed by atoms with van der Waals surface area (Å²) in [7, 11) is 2.13. The van der Waals surface area contributed by atoms with Crippen LogP contribution in [0.3, 0.4) is 0 Å². The van der Waals surface area contributed by atoms with E-state index in [2.05, 4.69) is 59.9 Å². The lowest BCUT2D eigenvalue weighted by molar-refractivity contribution is 0.560. The largest absolute Gasteiger partial charge is 0.374 e. The van der Waals surface area contributed by atoms with Crippen molar-refractivity contribution in [2.75, 3.05) is 18.5 Å². The Bertz CT molecular complexity index is 339. The maximum absolute atomic E-state index is 5.68. The minimum Gasteiger partial charge on any atom is -0.374 e. The molecule has 0 aliphatic carbocycles. The molecule has 3 heteroatoms. The van der Waals surface area contributed by atoms with Gasteiger partial charge in [0.05, 0.1) is 0 Å². The Morgan fingerprint density at radius 1 is 1.38 bits per heavy atom. The monoisotopic (exact) mass is 284 g/mol. The van der Waals surface area contributed by atoms with E-state index in [1.807, 2.05) is 0 Å². The van der Waals surface area contributed by atoms with Crippen molar-refractivity contribution < 1.29 is 0 Å². The highest BCUT2D eigenvalue weighted by atomic mass is 79.9. The van der Waals surface area contributed by atoms with Crippen LogP contribution in [-0.2, 0) is 6.54 Å². The molecular formula is C13H21BrN2. The second-order valence-electron chi connectivity index (χ2n) is 4.42. The topological polar surface area (TPSA) is 29.3 Å². The first-order valence-electron chi connectivity index (χ1n) is 5.77. The Morgan fingerprint density at radius 3 is 2.62 bits per heavy atom. The van der Waals surface area contributed by atoms with E-state index in [0.717, 1.165) is 11.0 Å². The number of hydrogen-bond acceptors (Lipinski definition) is 2. The molecule has 0 saturated heterocycles. The third kappa shape index (κ3) is 3.80. The zero-order valence-electron chi connectivity index (χ0n) is 10.3. The van der Waals surface area contributed by atoms with Crippen LogP contribution in [0.25, 0.3) is 0 Å². The third-order valence-corrected chi connectivity index (χ3v) is 3.36. The Morgan fingerprint density at radius 2 is 2.06 bits per heavy atom. The van der Waals surface area contributed by atoms with Gasteiger partial charge in [0.15, 0.2) is 0 Å². The molecule has 0 spiro atoms. The van der Waals surface area contributed by atoms with E-state index < -0.39 is 0 Å². The van der Waals surface area contributed by atoms with E-state index in [4.69, 9.17) is 5.73 Å². The molecule has 2 nitrogen and oxygen atoms in total. The van der Waals surface area contributed by atoms with Crippen LogP contribution in [0.4, 0.5) is 5.69 Å². The van der Waals surface area contributed by atoms with Gasteiger partial charge in [0.1, 0.15) is 0 Å². The van der Waals surface area contributed by atoms with Gasteiger partial charge in [-0.05, 0) is 29.7 Å². The Hall–Kier alpha value is -0.540. The summed E-state index contributed by atoms with van der Waals surface area (Å²) in [4.78, 5) is 2.29. The number of anilines is 1. The van der Waals surface area contributed by atoms with Gasteiger partial charge >= 0.3 is 0 Å². The number of benzene rings is 1. The second-order valence-corrected chi connectivity index (χ2v) is 5.33. The summed E-state index contributed by atoms with van der Waals surface area (Å²) in [5, 5.41) is 0. The molecule has 1 aromatic carbocycles. The normalized spacial score (nSPS) is 12.6. The van der Waals surface area contributed by atoms with Crippen molar-refractivity contribution in [3.63, 3.8) is 0 Å². The summed E-state index contributed by atoms with van der Waals surface area (Å²) in [5.74, 6) is 0.713. The van der Waals surface area contributed by atoms with Gasteiger partial charge < -0.3 is 10.6 Å². The van der Waals surface area contributed by atoms with E-state index in [9.17, 15) is 0 Å². The molecule has 0 aliphatic heterocycles. The summed E-state index contributed by atoms with van der Waals surface area (Å²) < 4.78 is 1.10. The molecule has 1 atom stereocenters. The molecule has 0 saturated carbocycles. The zero-order valence-corrected chi connectivity index (χ0v) is 11.9. The molecule has 90 valence electrons. The van der Waals surface area contributed by atoms with Crippen LogP contribution < -0.4 is 10.6 Å². The highest BCUT2D eigenvalue weighted by Gasteiger charge is 2.07. The van der Waals surface area contributed by atoms with Gasteiger partial charge in [-0.2, -0.15) is 0 Å². The van der Waals surface area contributed by atoms with Crippen LogP contribution in [0.5, 0.6) is 0 Å². The number of rotatable bonds is 5. The van der Waals surface area contributed by atoms with Crippen molar-refractivity contribution in [2.24, 2.45) is 11.7 Å². The molecule has 0 bridgehead atoms. The second kappa shape index (κ2) is 6.26. The molecule has 2 N–H and O–H groups in total. The maximum atomic E-state index is 5.68. The smallest absolute Gasteiger partial charge is 0.0378 e. The van der Waals surface area contributed by atoms with Crippen LogP contribution in [-0.4, -0.2) is 13.6 Å². The molecule has 0 aliphatic rings. The van der Waals surface area contributed by atoms with Crippen molar-refractivity contribution in [3.05, 3.63) is 28.2 Å². The quantitative estimate of drug-likeness (QED) is 0.898. The number of nitrogens with zero attached hydrogens (tertiary/aromatic N) is 1. The molecule has 1 rings (SSSR count). The Kier molecular flexibility index (Phi) is 5.29. The molecule has 1 unspecified atom stereocenters. The fourth-order valence-electron chi connectivity index (χ4n) is 1.67. The van der Waals surface area contributed by atoms with Crippen LogP contribution in [0, 0.1) is 5.92 Å². The van der Waals surface area contributed by atoms with Crippen LogP contribution in [0.15, 0.2) is 22.7 Å². The van der Waals surface area contributed by atoms with E-state index in [1.165, 1.54) is 17.7 Å². The van der Waals surface area contributed by atoms with Crippen molar-refractivity contribution in [1.29, 1.82) is 0 Å². The summed E-state index contributed by atoms with van der Waals surface area (Å²) in [5.41, 5.74) is 8.07. The van der Waals surface area contributed by atoms with Crippen molar-refractivity contribution in [1.82, 2.24) is 0 Å². The SMILES string of the molecule is CCC(C)CN(C)c1cc(Br)cc(CN)c1. The molecule has 1 aromatic rings. The van der Waals surface area contributed by atoms with Crippen molar-refractivity contribution in [3.8, 4) is 0 Å². The lowest BCUT2D eigenvalue weighted by Gasteiger charge is -2.23. The molecule has 0 amide bonds. The Labute approximate surface area is 107 Å². The lowest BCUT2D eigenvalue weighted by atomic mass is 10.1. The number of hydrogen-bond donors (Lipinski definition) is 1. The molecular weight excluding hydrogens is 264 g/mol. The standard InChI is InChI=1S/C13H21BrN2/c1-4-10(2)9-16(3)13-6-11(8-15)5-12(14)7-13/h5-7,10H,4,8-9,15H2,1-3H3. The predicted molar refractivity (Wildman–Crippen MR) is 74.8 cm³/mol. The molecule has 16 heavy (non-hydrogen) atoms. The van der Waals surface area contributed by atoms with E-state index in [1.54, 1.807) is 0 Å². The van der Waals surface area contributed by atoms with Crippen LogP contribution >= 0.6 is 15.9 Å². The van der Waals surface area contributed by atoms with Gasteiger partial charge in [0.25, 0.3) is 0 Å². The first kappa shape index (κ1) is 13.5. The molecule has 0 fully saturated rings. The number of halogens is 1. The molecule has 0 aromatic heterocycles. The minimum absolute atomic E-state index is 0.587. The van der Waals surface area contributed by atoms with Crippen molar-refractivity contribution >= 4 is 21.6 Å². The molecule has 0 radical (unpaired) electrons. The first-order chi connectivity index (χ1) is 7.56. The summed E-state index contributed by atoms with van der Waals surface area (Å²) in [6.07, 6.45) is 1.21. The highest BCUT2D eigenvalue weighted by molar-refractivity contribution is 9.10. The first-order valence-corrected chi connectivity index (χ1v) is 6.56. The molecule has 0 heterocycles. The summed E-state index contributed by atoms with van der Waals surface area (Å²) in [6.45, 7) is 6.17. The fraction of sp³-hybridized carbons (Fsp3) is 0.538. The average Bonchev–Trinajstić information content (AvgIpc) is 2.27. The van der Waals surface area contributed by atoms with Crippen molar-refractivity contribution in [2.45, 2.75) is 26.8 Å². The van der Waals surface area contributed by atoms with E-state index in [-0.39, 0.29) is 0 Å². The van der Waals surface area contributed by atoms with E-state index in [0.29, 0.717) is 12.5 Å². The van der Waals surface area contributed by atoms with Gasteiger partial charge in [-0.15, -0.1) is 0 Å². The minimum atomic E-state index is 0.587. The lowest BCUT2D eigenvalue weighted by Crippen LogP contribution is -2.23.